The van der Waals surface area contributed by atoms with Crippen LogP contribution in [0.2, 0.25) is 0 Å². The number of piperidine rings is 1. The summed E-state index contributed by atoms with van der Waals surface area (Å²) in [4.78, 5) is 27.1. The number of esters is 1. The van der Waals surface area contributed by atoms with Gasteiger partial charge in [0.15, 0.2) is 0 Å². The maximum Gasteiger partial charge on any atom is 0.337 e. The van der Waals surface area contributed by atoms with Crippen LogP contribution in [0.5, 0.6) is 5.75 Å². The molecule has 2 heterocycles. The first-order chi connectivity index (χ1) is 14.2. The number of nitrogens with zero attached hydrogens (tertiary/aromatic N) is 1. The van der Waals surface area contributed by atoms with E-state index in [1.165, 1.54) is 7.11 Å². The molecular formula is C23H24N2O4. The highest BCUT2D eigenvalue weighted by atomic mass is 16.5. The molecule has 0 saturated carbocycles. The first-order valence-electron chi connectivity index (χ1n) is 9.83. The number of benzene rings is 2. The molecule has 4 rings (SSSR count). The molecule has 1 amide bonds. The quantitative estimate of drug-likeness (QED) is 0.813. The van der Waals surface area contributed by atoms with Crippen molar-refractivity contribution < 1.29 is 19.1 Å². The fraction of sp³-hybridized carbons (Fsp3) is 0.304. The number of methoxy groups -OCH3 is 1. The van der Waals surface area contributed by atoms with E-state index in [9.17, 15) is 9.59 Å². The Labute approximate surface area is 170 Å². The zero-order valence-electron chi connectivity index (χ0n) is 16.4. The third-order valence-corrected chi connectivity index (χ3v) is 5.39. The molecule has 0 aromatic heterocycles. The van der Waals surface area contributed by atoms with Crippen LogP contribution in [0, 0.1) is 5.92 Å². The number of carbonyl (C=O) groups is 2. The molecule has 0 aliphatic carbocycles. The van der Waals surface area contributed by atoms with Gasteiger partial charge in [0, 0.05) is 17.7 Å². The Bertz CT molecular complexity index is 933. The fourth-order valence-electron chi connectivity index (χ4n) is 3.79. The first-order valence-corrected chi connectivity index (χ1v) is 9.83. The first kappa shape index (κ1) is 19.2. The standard InChI is InChI=1S/C23H24N2O4/c1-28-23(27)17-9-10-19-14-25(22(26)18-8-5-11-24-13-18)20(15-29-21(19)12-17)16-6-3-2-4-7-16/h2-4,6-7,9-10,12,15,18,24H,5,8,11,13-14H2,1H3/t18-/m1/s1. The zero-order chi connectivity index (χ0) is 20.2. The van der Waals surface area contributed by atoms with Gasteiger partial charge in [-0.05, 0) is 31.5 Å². The molecule has 0 spiro atoms. The highest BCUT2D eigenvalue weighted by Crippen LogP contribution is 2.33. The van der Waals surface area contributed by atoms with Gasteiger partial charge in [-0.15, -0.1) is 0 Å². The number of fused-ring (bicyclic) bond motifs is 1. The minimum atomic E-state index is -0.422. The van der Waals surface area contributed by atoms with Crippen molar-refractivity contribution in [3.05, 3.63) is 71.5 Å². The van der Waals surface area contributed by atoms with Crippen molar-refractivity contribution in [1.82, 2.24) is 10.2 Å². The number of carbonyl (C=O) groups excluding carboxylic acids is 2. The maximum absolute atomic E-state index is 13.4. The van der Waals surface area contributed by atoms with Gasteiger partial charge in [-0.1, -0.05) is 36.4 Å². The second kappa shape index (κ2) is 8.49. The second-order valence-electron chi connectivity index (χ2n) is 7.27. The Hall–Kier alpha value is -3.12. The molecule has 1 atom stereocenters. The molecule has 1 fully saturated rings. The summed E-state index contributed by atoms with van der Waals surface area (Å²) >= 11 is 0. The molecule has 2 aromatic carbocycles. The number of hydrogen-bond acceptors (Lipinski definition) is 5. The SMILES string of the molecule is COC(=O)c1ccc2c(c1)OC=C(c1ccccc1)N(C(=O)[C@@H]1CCCNC1)C2. The summed E-state index contributed by atoms with van der Waals surface area (Å²) in [5.74, 6) is 0.153. The molecule has 2 aliphatic rings. The van der Waals surface area contributed by atoms with Crippen LogP contribution in [0.15, 0.2) is 54.8 Å². The Morgan fingerprint density at radius 3 is 2.72 bits per heavy atom. The van der Waals surface area contributed by atoms with Crippen LogP contribution in [0.3, 0.4) is 0 Å². The van der Waals surface area contributed by atoms with Gasteiger partial charge < -0.3 is 19.7 Å². The van der Waals surface area contributed by atoms with E-state index in [1.807, 2.05) is 36.4 Å². The average molecular weight is 392 g/mol. The van der Waals surface area contributed by atoms with Crippen LogP contribution in [0.4, 0.5) is 0 Å². The molecule has 2 aliphatic heterocycles. The fourth-order valence-corrected chi connectivity index (χ4v) is 3.79. The highest BCUT2D eigenvalue weighted by molar-refractivity contribution is 5.91. The lowest BCUT2D eigenvalue weighted by Gasteiger charge is -2.30. The lowest BCUT2D eigenvalue weighted by molar-refractivity contribution is -0.133. The smallest absolute Gasteiger partial charge is 0.337 e. The van der Waals surface area contributed by atoms with Gasteiger partial charge in [0.1, 0.15) is 12.0 Å². The van der Waals surface area contributed by atoms with Crippen molar-refractivity contribution in [2.45, 2.75) is 19.4 Å². The predicted molar refractivity (Wildman–Crippen MR) is 109 cm³/mol. The normalized spacial score (nSPS) is 18.7. The largest absolute Gasteiger partial charge is 0.465 e. The number of nitrogens with one attached hydrogen (secondary N) is 1. The third-order valence-electron chi connectivity index (χ3n) is 5.39. The summed E-state index contributed by atoms with van der Waals surface area (Å²) in [6, 6.07) is 14.9. The van der Waals surface area contributed by atoms with E-state index in [1.54, 1.807) is 23.3 Å². The van der Waals surface area contributed by atoms with E-state index >= 15 is 0 Å². The van der Waals surface area contributed by atoms with Gasteiger partial charge >= 0.3 is 5.97 Å². The molecule has 2 aromatic rings. The molecule has 29 heavy (non-hydrogen) atoms. The summed E-state index contributed by atoms with van der Waals surface area (Å²) in [6.07, 6.45) is 3.47. The Kier molecular flexibility index (Phi) is 5.62. The summed E-state index contributed by atoms with van der Waals surface area (Å²) in [6.45, 7) is 2.02. The molecule has 1 N–H and O–H groups in total. The summed E-state index contributed by atoms with van der Waals surface area (Å²) in [5.41, 5.74) is 2.89. The molecule has 1 saturated heterocycles. The molecule has 6 heteroatoms. The monoisotopic (exact) mass is 392 g/mol. The Balaban J connectivity index is 1.72. The van der Waals surface area contributed by atoms with Crippen molar-refractivity contribution in [3.63, 3.8) is 0 Å². The van der Waals surface area contributed by atoms with Crippen LogP contribution < -0.4 is 10.1 Å². The summed E-state index contributed by atoms with van der Waals surface area (Å²) in [7, 11) is 1.35. The van der Waals surface area contributed by atoms with E-state index in [0.29, 0.717) is 24.4 Å². The minimum Gasteiger partial charge on any atom is -0.465 e. The number of hydrogen-bond donors (Lipinski definition) is 1. The molecule has 0 bridgehead atoms. The Morgan fingerprint density at radius 2 is 2.00 bits per heavy atom. The number of rotatable bonds is 3. The highest BCUT2D eigenvalue weighted by Gasteiger charge is 2.31. The van der Waals surface area contributed by atoms with Crippen LogP contribution >= 0.6 is 0 Å². The lowest BCUT2D eigenvalue weighted by atomic mass is 9.97. The molecule has 150 valence electrons. The predicted octanol–water partition coefficient (Wildman–Crippen LogP) is 3.19. The van der Waals surface area contributed by atoms with Gasteiger partial charge in [0.05, 0.1) is 30.8 Å². The molecular weight excluding hydrogens is 368 g/mol. The van der Waals surface area contributed by atoms with Crippen molar-refractivity contribution in [2.24, 2.45) is 5.92 Å². The second-order valence-corrected chi connectivity index (χ2v) is 7.27. The van der Waals surface area contributed by atoms with Crippen LogP contribution in [-0.2, 0) is 16.1 Å². The topological polar surface area (TPSA) is 67.9 Å². The van der Waals surface area contributed by atoms with E-state index in [2.05, 4.69) is 5.32 Å². The maximum atomic E-state index is 13.4. The van der Waals surface area contributed by atoms with E-state index in [4.69, 9.17) is 9.47 Å². The lowest BCUT2D eigenvalue weighted by Crippen LogP contribution is -2.41. The minimum absolute atomic E-state index is 0.0632. The van der Waals surface area contributed by atoms with Crippen molar-refractivity contribution in [3.8, 4) is 5.75 Å². The van der Waals surface area contributed by atoms with Gasteiger partial charge in [-0.25, -0.2) is 4.79 Å². The molecule has 0 unspecified atom stereocenters. The molecule has 6 nitrogen and oxygen atoms in total. The van der Waals surface area contributed by atoms with Crippen LogP contribution in [-0.4, -0.2) is 37.0 Å². The van der Waals surface area contributed by atoms with E-state index in [0.717, 1.165) is 36.2 Å². The summed E-state index contributed by atoms with van der Waals surface area (Å²) in [5, 5.41) is 3.32. The van der Waals surface area contributed by atoms with Gasteiger partial charge in [0.25, 0.3) is 0 Å². The van der Waals surface area contributed by atoms with Gasteiger partial charge in [0.2, 0.25) is 5.91 Å². The number of ether oxygens (including phenoxy) is 2. The van der Waals surface area contributed by atoms with Crippen LogP contribution in [0.25, 0.3) is 5.70 Å². The van der Waals surface area contributed by atoms with Crippen molar-refractivity contribution in [1.29, 1.82) is 0 Å². The average Bonchev–Trinajstić information content (AvgIpc) is 2.98. The summed E-state index contributed by atoms with van der Waals surface area (Å²) < 4.78 is 10.7. The van der Waals surface area contributed by atoms with Gasteiger partial charge in [-0.3, -0.25) is 4.79 Å². The molecule has 0 radical (unpaired) electrons. The third kappa shape index (κ3) is 4.03. The van der Waals surface area contributed by atoms with Gasteiger partial charge in [-0.2, -0.15) is 0 Å². The van der Waals surface area contributed by atoms with E-state index in [-0.39, 0.29) is 11.8 Å². The van der Waals surface area contributed by atoms with E-state index < -0.39 is 5.97 Å². The Morgan fingerprint density at radius 1 is 1.17 bits per heavy atom. The number of amides is 1. The zero-order valence-corrected chi connectivity index (χ0v) is 16.4. The van der Waals surface area contributed by atoms with Crippen molar-refractivity contribution in [2.75, 3.05) is 20.2 Å². The van der Waals surface area contributed by atoms with Crippen molar-refractivity contribution >= 4 is 17.6 Å². The van der Waals surface area contributed by atoms with Crippen LogP contribution in [0.1, 0.15) is 34.3 Å².